The van der Waals surface area contributed by atoms with Crippen molar-refractivity contribution in [2.24, 2.45) is 0 Å². The lowest BCUT2D eigenvalue weighted by Crippen LogP contribution is -2.46. The van der Waals surface area contributed by atoms with E-state index in [0.717, 1.165) is 196 Å². The Balaban J connectivity index is 0.000000151. The van der Waals surface area contributed by atoms with Crippen LogP contribution in [0.1, 0.15) is 89.2 Å². The van der Waals surface area contributed by atoms with Gasteiger partial charge >= 0.3 is 12.1 Å². The Labute approximate surface area is 839 Å². The summed E-state index contributed by atoms with van der Waals surface area (Å²) < 4.78 is 102. The molecule has 0 saturated carbocycles. The summed E-state index contributed by atoms with van der Waals surface area (Å²) in [7, 11) is -5.11. The Morgan fingerprint density at radius 3 is 1.33 bits per heavy atom. The Hall–Kier alpha value is -11.8. The van der Waals surface area contributed by atoms with Crippen molar-refractivity contribution in [1.82, 2.24) is 78.4 Å². The summed E-state index contributed by atoms with van der Waals surface area (Å²) >= 11 is 0. The highest BCUT2D eigenvalue weighted by Crippen LogP contribution is 2.43. The maximum atomic E-state index is 15.8. The number of rotatable bonds is 35. The number of aromatic nitrogens is 12. The van der Waals surface area contributed by atoms with Gasteiger partial charge in [0.05, 0.1) is 97.6 Å². The van der Waals surface area contributed by atoms with E-state index in [4.69, 9.17) is 63.0 Å². The summed E-state index contributed by atoms with van der Waals surface area (Å²) in [5, 5.41) is 30.4. The molecule has 143 heavy (non-hydrogen) atoms. The molecular weight excluding hydrogens is 1880 g/mol. The molecule has 2 fully saturated rings. The van der Waals surface area contributed by atoms with Crippen LogP contribution in [0.15, 0.2) is 152 Å². The number of carbonyl (C=O) groups excluding carboxylic acids is 2. The van der Waals surface area contributed by atoms with E-state index < -0.39 is 43.9 Å². The molecule has 0 atom stereocenters. The lowest BCUT2D eigenvalue weighted by atomic mass is 9.96. The Morgan fingerprint density at radius 1 is 0.434 bits per heavy atom. The molecule has 1 aliphatic carbocycles. The van der Waals surface area contributed by atoms with Gasteiger partial charge in [0, 0.05) is 107 Å². The number of imidazole rings is 3. The van der Waals surface area contributed by atoms with Crippen LogP contribution in [0, 0.1) is 17.5 Å². The standard InChI is InChI=1S/C44H59FN6O5Si2.C40H53FN4O3Si2.C25H25FN6O3/c1-8-33-25-41(56-29-32-12-10-9-11-13-32)37(45)26-36(33)34-14-15-35-39(24-34)51(31-55-21-23-58(5,6)7)47-42(35)43-46-38-27-49(44(52)48-16-18-53-19-17-48)28-40(38)50(43)30-54-20-22-57(2,3)4;1-8-30-24-38(48-26-29-13-10-9-11-14-29)34(41)25-33(30)31-17-18-32-37(23-31)45(28-47-20-22-50(5,6)7)43-39(32)40-42-35-15-12-16-36(35)44(40)27-46-19-21-49(2,3)4;1-2-14-10-22(33)18(26)11-17(14)15-3-4-16-19(9-15)29-30-23(16)24-27-20-12-32(13-21(20)28-24)25(34)31-5-7-35-8-6-31/h9-15,24-26H,8,16-23,27-31H2,1-7H3;9-11,13-14,17-18,23-25H,8,12,15-16,19-22,26-28H2,1-7H3;3-4,9-11,33H,2,5-8,12-13H2,1H3,(H,27,28)(H,29,30). The van der Waals surface area contributed by atoms with Crippen LogP contribution in [0.25, 0.3) is 101 Å². The van der Waals surface area contributed by atoms with Crippen LogP contribution in [0.3, 0.4) is 0 Å². The molecule has 34 heteroatoms. The smallest absolute Gasteiger partial charge is 0.320 e. The van der Waals surface area contributed by atoms with Crippen LogP contribution in [-0.2, 0) is 127 Å². The molecule has 0 spiro atoms. The average molecular weight is 2020 g/mol. The molecule has 19 rings (SSSR count). The van der Waals surface area contributed by atoms with E-state index in [0.29, 0.717) is 156 Å². The van der Waals surface area contributed by atoms with Crippen molar-refractivity contribution in [2.75, 3.05) is 79.0 Å². The number of hydrogen-bond donors (Lipinski definition) is 3. The second kappa shape index (κ2) is 44.8. The number of nitrogens with one attached hydrogen (secondary N) is 2. The molecule has 8 aromatic carbocycles. The van der Waals surface area contributed by atoms with Crippen molar-refractivity contribution in [3.8, 4) is 85.2 Å². The number of fused-ring (bicyclic) bond motifs is 6. The summed E-state index contributed by atoms with van der Waals surface area (Å²) in [5.74, 6) is 0.952. The van der Waals surface area contributed by atoms with Gasteiger partial charge in [0.15, 0.2) is 52.2 Å². The first-order chi connectivity index (χ1) is 68.7. The van der Waals surface area contributed by atoms with Gasteiger partial charge in [-0.2, -0.15) is 15.3 Å². The van der Waals surface area contributed by atoms with Crippen LogP contribution < -0.4 is 9.47 Å². The maximum absolute atomic E-state index is 15.8. The Morgan fingerprint density at radius 2 is 0.860 bits per heavy atom. The number of hydrogen-bond acceptors (Lipinski definition) is 17. The van der Waals surface area contributed by atoms with Gasteiger partial charge < -0.3 is 76.7 Å². The number of amides is 4. The molecule has 0 radical (unpaired) electrons. The number of benzene rings is 8. The number of aryl methyl sites for hydroxylation is 4. The van der Waals surface area contributed by atoms with E-state index in [2.05, 4.69) is 147 Å². The predicted molar refractivity (Wildman–Crippen MR) is 566 cm³/mol. The third-order valence-electron chi connectivity index (χ3n) is 27.1. The first-order valence-corrected chi connectivity index (χ1v) is 65.3. The molecule has 4 amide bonds. The number of phenolic OH excluding ortho intramolecular Hbond substituents is 1. The van der Waals surface area contributed by atoms with Crippen molar-refractivity contribution in [3.05, 3.63) is 231 Å². The number of urea groups is 2. The fourth-order valence-corrected chi connectivity index (χ4v) is 21.7. The van der Waals surface area contributed by atoms with Gasteiger partial charge in [0.25, 0.3) is 0 Å². The van der Waals surface area contributed by atoms with E-state index >= 15 is 8.78 Å². The lowest BCUT2D eigenvalue weighted by molar-refractivity contribution is 0.0425. The minimum atomic E-state index is -1.33. The number of H-pyrrole nitrogens is 2. The van der Waals surface area contributed by atoms with Gasteiger partial charge in [-0.05, 0) is 197 Å². The molecule has 3 N–H and O–H groups in total. The van der Waals surface area contributed by atoms with Gasteiger partial charge in [0.1, 0.15) is 57.2 Å². The summed E-state index contributed by atoms with van der Waals surface area (Å²) in [4.78, 5) is 52.2. The third kappa shape index (κ3) is 24.7. The lowest BCUT2D eigenvalue weighted by Gasteiger charge is -2.30. The Bertz CT molecular complexity index is 6820. The van der Waals surface area contributed by atoms with E-state index in [-0.39, 0.29) is 48.5 Å². The fourth-order valence-electron chi connectivity index (χ4n) is 18.6. The largest absolute Gasteiger partial charge is 0.505 e. The van der Waals surface area contributed by atoms with Crippen molar-refractivity contribution >= 4 is 77.1 Å². The molecule has 0 unspecified atom stereocenters. The highest BCUT2D eigenvalue weighted by Gasteiger charge is 2.37. The van der Waals surface area contributed by atoms with Gasteiger partial charge in [-0.1, -0.05) is 178 Å². The van der Waals surface area contributed by atoms with Crippen LogP contribution >= 0.6 is 0 Å². The monoisotopic (exact) mass is 2010 g/mol. The van der Waals surface area contributed by atoms with E-state index in [1.54, 1.807) is 17.0 Å². The van der Waals surface area contributed by atoms with Crippen LogP contribution in [0.2, 0.25) is 103 Å². The molecule has 10 heterocycles. The quantitative estimate of drug-likeness (QED) is 0.0246. The predicted octanol–water partition coefficient (Wildman–Crippen LogP) is 23.0. The average Bonchev–Trinajstić information content (AvgIpc) is 1.66. The molecule has 5 aliphatic rings. The van der Waals surface area contributed by atoms with Crippen LogP contribution in [0.4, 0.5) is 22.8 Å². The van der Waals surface area contributed by atoms with Crippen molar-refractivity contribution in [2.45, 2.75) is 228 Å². The number of nitrogens with zero attached hydrogens (tertiary/aromatic N) is 14. The number of aromatic hydroxyl groups is 1. The first-order valence-electron chi connectivity index (χ1n) is 50.5. The molecule has 14 aromatic rings. The van der Waals surface area contributed by atoms with E-state index in [9.17, 15) is 19.1 Å². The summed E-state index contributed by atoms with van der Waals surface area (Å²) in [6.45, 7) is 45.5. The second-order valence-corrected chi connectivity index (χ2v) is 65.2. The number of phenols is 1. The minimum absolute atomic E-state index is 0.00505. The van der Waals surface area contributed by atoms with Crippen molar-refractivity contribution < 1.29 is 65.8 Å². The van der Waals surface area contributed by atoms with Gasteiger partial charge in [0.2, 0.25) is 0 Å². The molecule has 6 aromatic heterocycles. The number of ether oxygens (including phenoxy) is 8. The SMILES string of the molecule is CCc1cc(O)c(F)cc1-c1ccc2c(-c3nc4c([nH]3)CN(C(=O)N3CCOCC3)C4)n[nH]c2c1.CCc1cc(OCc2ccccc2)c(F)cc1-c1ccc2c(-c3nc4c(n3COCC[Si](C)(C)C)CCC4)nn(COCC[Si](C)(C)C)c2c1.CCc1cc(OCc2ccccc2)c(F)cc1-c1ccc2c(-c3nc4c(n3COCC[Si](C)(C)C)CN(C(=O)N3CCOCC3)C4)nn(COCC[Si](C)(C)C)c2c1. The molecule has 4 aliphatic heterocycles. The summed E-state index contributed by atoms with van der Waals surface area (Å²) in [6.07, 6.45) is 5.19. The highest BCUT2D eigenvalue weighted by molar-refractivity contribution is 6.77. The van der Waals surface area contributed by atoms with Gasteiger partial charge in [-0.15, -0.1) is 0 Å². The summed E-state index contributed by atoms with van der Waals surface area (Å²) in [6, 6.07) is 51.9. The second-order valence-electron chi connectivity index (χ2n) is 42.7. The fraction of sp³-hybridized carbons (Fsp3) is 0.431. The number of carbonyl (C=O) groups is 2. The van der Waals surface area contributed by atoms with E-state index in [1.807, 2.05) is 128 Å². The number of morpholine rings is 2. The third-order valence-corrected chi connectivity index (χ3v) is 33.9. The van der Waals surface area contributed by atoms with Crippen LogP contribution in [0.5, 0.6) is 17.2 Å². The van der Waals surface area contributed by atoms with Gasteiger partial charge in [-0.3, -0.25) is 5.10 Å². The van der Waals surface area contributed by atoms with Crippen molar-refractivity contribution in [3.63, 3.8) is 0 Å². The topological polar surface area (TPSA) is 270 Å². The number of halogens is 3. The molecule has 0 bridgehead atoms. The highest BCUT2D eigenvalue weighted by atomic mass is 28.3. The van der Waals surface area contributed by atoms with E-state index in [1.165, 1.54) is 17.8 Å². The minimum Gasteiger partial charge on any atom is -0.505 e. The van der Waals surface area contributed by atoms with Crippen LogP contribution in [-0.4, -0.2) is 207 Å². The molecule has 27 nitrogen and oxygen atoms in total. The summed E-state index contributed by atoms with van der Waals surface area (Å²) in [5.41, 5.74) is 20.7. The van der Waals surface area contributed by atoms with Crippen molar-refractivity contribution in [1.29, 1.82) is 0 Å². The molecule has 756 valence electrons. The van der Waals surface area contributed by atoms with Gasteiger partial charge in [-0.25, -0.2) is 47.1 Å². The molecular formula is C109H137F3N16O11Si4. The maximum Gasteiger partial charge on any atom is 0.320 e. The normalized spacial score (nSPS) is 14.5. The Kier molecular flexibility index (Phi) is 32.1. The molecule has 2 saturated heterocycles. The zero-order valence-corrected chi connectivity index (χ0v) is 89.5. The zero-order valence-electron chi connectivity index (χ0n) is 85.5. The zero-order chi connectivity index (χ0) is 101. The first kappa shape index (κ1) is 103. The number of aromatic amines is 2.